The van der Waals surface area contributed by atoms with Crippen LogP contribution in [0.4, 0.5) is 5.69 Å². The average molecular weight is 275 g/mol. The Morgan fingerprint density at radius 1 is 1.53 bits per heavy atom. The van der Waals surface area contributed by atoms with Crippen LogP contribution in [0.25, 0.3) is 0 Å². The number of nitro groups is 1. The summed E-state index contributed by atoms with van der Waals surface area (Å²) in [5.74, 6) is 0.845. The molecule has 1 aromatic carbocycles. The van der Waals surface area contributed by atoms with E-state index < -0.39 is 12.3 Å². The quantitative estimate of drug-likeness (QED) is 0.357. The van der Waals surface area contributed by atoms with Crippen LogP contribution in [0.1, 0.15) is 6.92 Å². The first kappa shape index (κ1) is 14.2. The Balaban J connectivity index is 3.35. The van der Waals surface area contributed by atoms with E-state index in [2.05, 4.69) is 0 Å². The van der Waals surface area contributed by atoms with Crippen LogP contribution in [-0.4, -0.2) is 24.5 Å². The van der Waals surface area contributed by atoms with Gasteiger partial charge in [0.15, 0.2) is 0 Å². The molecule has 0 saturated heterocycles. The van der Waals surface area contributed by atoms with E-state index in [0.29, 0.717) is 0 Å². The summed E-state index contributed by atoms with van der Waals surface area (Å²) in [6, 6.07) is 4.62. The molecule has 0 heterocycles. The summed E-state index contributed by atoms with van der Waals surface area (Å²) in [5.41, 5.74) is -0.155. The molecule has 1 atom stereocenters. The van der Waals surface area contributed by atoms with Crippen LogP contribution in [0.5, 0.6) is 0 Å². The van der Waals surface area contributed by atoms with Gasteiger partial charge in [0.2, 0.25) is 7.37 Å². The molecular formula is C10H14NO4PS. The maximum Gasteiger partial charge on any atom is 0.282 e. The van der Waals surface area contributed by atoms with Gasteiger partial charge >= 0.3 is 0 Å². The van der Waals surface area contributed by atoms with Gasteiger partial charge in [-0.15, -0.1) is 11.8 Å². The summed E-state index contributed by atoms with van der Waals surface area (Å²) in [5, 5.41) is 11.0. The number of hydrogen-bond acceptors (Lipinski definition) is 5. The topological polar surface area (TPSA) is 69.4 Å². The Morgan fingerprint density at radius 2 is 2.18 bits per heavy atom. The van der Waals surface area contributed by atoms with Crippen LogP contribution in [-0.2, 0) is 9.09 Å². The molecule has 5 nitrogen and oxygen atoms in total. The highest BCUT2D eigenvalue weighted by atomic mass is 32.2. The maximum atomic E-state index is 12.1. The van der Waals surface area contributed by atoms with E-state index in [0.717, 1.165) is 10.6 Å². The third-order valence-corrected chi connectivity index (χ3v) is 5.05. The van der Waals surface area contributed by atoms with Crippen molar-refractivity contribution in [2.75, 3.05) is 19.5 Å². The number of nitro benzene ring substituents is 1. The Kier molecular flexibility index (Phi) is 4.74. The smallest absolute Gasteiger partial charge is 0.282 e. The van der Waals surface area contributed by atoms with Gasteiger partial charge in [-0.1, -0.05) is 6.92 Å². The minimum atomic E-state index is -3.12. The third-order valence-electron chi connectivity index (χ3n) is 2.24. The molecule has 0 N–H and O–H groups in total. The van der Waals surface area contributed by atoms with Crippen LogP contribution in [0.15, 0.2) is 23.1 Å². The van der Waals surface area contributed by atoms with Gasteiger partial charge in [-0.2, -0.15) is 0 Å². The van der Waals surface area contributed by atoms with E-state index in [-0.39, 0.29) is 11.0 Å². The summed E-state index contributed by atoms with van der Waals surface area (Å²) in [4.78, 5) is 11.2. The Morgan fingerprint density at radius 3 is 2.65 bits per heavy atom. The van der Waals surface area contributed by atoms with Gasteiger partial charge in [-0.25, -0.2) is 0 Å². The molecule has 1 aromatic rings. The monoisotopic (exact) mass is 275 g/mol. The van der Waals surface area contributed by atoms with Gasteiger partial charge in [0.1, 0.15) is 5.30 Å². The molecule has 0 aliphatic rings. The number of nitrogens with zero attached hydrogens (tertiary/aromatic N) is 1. The highest BCUT2D eigenvalue weighted by Crippen LogP contribution is 2.43. The van der Waals surface area contributed by atoms with Crippen LogP contribution in [0.3, 0.4) is 0 Å². The molecule has 0 radical (unpaired) electrons. The lowest BCUT2D eigenvalue weighted by Gasteiger charge is -2.12. The van der Waals surface area contributed by atoms with Crippen LogP contribution in [0.2, 0.25) is 0 Å². The Bertz CT molecular complexity index is 477. The van der Waals surface area contributed by atoms with Gasteiger partial charge in [-0.3, -0.25) is 14.7 Å². The molecule has 1 rings (SSSR count). The Labute approximate surface area is 104 Å². The molecule has 0 aliphatic carbocycles. The first-order valence-electron chi connectivity index (χ1n) is 4.97. The van der Waals surface area contributed by atoms with E-state index in [9.17, 15) is 14.7 Å². The molecule has 0 aliphatic heterocycles. The maximum absolute atomic E-state index is 12.1. The summed E-state index contributed by atoms with van der Waals surface area (Å²) >= 11 is 1.54. The SMILES string of the molecule is CCSc1ccc([N+](=O)[O-])c(P(C)(=O)OC)c1. The van der Waals surface area contributed by atoms with Crippen molar-refractivity contribution in [2.24, 2.45) is 0 Å². The largest absolute Gasteiger partial charge is 0.329 e. The normalized spacial score (nSPS) is 14.3. The van der Waals surface area contributed by atoms with Crippen molar-refractivity contribution in [1.82, 2.24) is 0 Å². The number of benzene rings is 1. The summed E-state index contributed by atoms with van der Waals surface area (Å²) in [6.45, 7) is 3.36. The zero-order valence-corrected chi connectivity index (χ0v) is 11.6. The van der Waals surface area contributed by atoms with Crippen molar-refractivity contribution < 1.29 is 14.0 Å². The lowest BCUT2D eigenvalue weighted by Crippen LogP contribution is -2.11. The molecule has 0 spiro atoms. The average Bonchev–Trinajstić information content (AvgIpc) is 2.29. The van der Waals surface area contributed by atoms with E-state index in [1.807, 2.05) is 6.92 Å². The van der Waals surface area contributed by atoms with Crippen LogP contribution >= 0.6 is 19.1 Å². The Hall–Kier alpha value is -0.840. The highest BCUT2D eigenvalue weighted by Gasteiger charge is 2.28. The van der Waals surface area contributed by atoms with Crippen molar-refractivity contribution >= 4 is 30.1 Å². The van der Waals surface area contributed by atoms with Crippen molar-refractivity contribution in [2.45, 2.75) is 11.8 Å². The number of thioether (sulfide) groups is 1. The van der Waals surface area contributed by atoms with Crippen LogP contribution in [0, 0.1) is 10.1 Å². The standard InChI is InChI=1S/C10H14NO4PS/c1-4-17-8-5-6-9(11(12)13)10(7-8)16(3,14)15-2/h5-7H,4H2,1-3H3. The fraction of sp³-hybridized carbons (Fsp3) is 0.400. The van der Waals surface area contributed by atoms with Gasteiger partial charge in [-0.05, 0) is 17.9 Å². The summed E-state index contributed by atoms with van der Waals surface area (Å²) in [6.07, 6.45) is 0. The van der Waals surface area contributed by atoms with Crippen LogP contribution < -0.4 is 5.30 Å². The van der Waals surface area contributed by atoms with E-state index in [4.69, 9.17) is 4.52 Å². The van der Waals surface area contributed by atoms with Gasteiger partial charge in [0, 0.05) is 24.7 Å². The molecule has 0 bridgehead atoms. The summed E-state index contributed by atoms with van der Waals surface area (Å²) in [7, 11) is -1.83. The number of hydrogen-bond donors (Lipinski definition) is 0. The highest BCUT2D eigenvalue weighted by molar-refractivity contribution is 7.99. The first-order chi connectivity index (χ1) is 7.92. The molecular weight excluding hydrogens is 261 g/mol. The van der Waals surface area contributed by atoms with E-state index >= 15 is 0 Å². The fourth-order valence-electron chi connectivity index (χ4n) is 1.34. The van der Waals surface area contributed by atoms with Crippen molar-refractivity contribution in [1.29, 1.82) is 0 Å². The minimum absolute atomic E-state index is 0.155. The lowest BCUT2D eigenvalue weighted by molar-refractivity contribution is -0.383. The van der Waals surface area contributed by atoms with Crippen molar-refractivity contribution in [3.05, 3.63) is 28.3 Å². The van der Waals surface area contributed by atoms with Gasteiger partial charge in [0.05, 0.1) is 4.92 Å². The lowest BCUT2D eigenvalue weighted by atomic mass is 10.3. The number of rotatable bonds is 5. The van der Waals surface area contributed by atoms with Gasteiger partial charge < -0.3 is 4.52 Å². The zero-order chi connectivity index (χ0) is 13.1. The van der Waals surface area contributed by atoms with Crippen molar-refractivity contribution in [3.63, 3.8) is 0 Å². The molecule has 0 aromatic heterocycles. The second-order valence-corrected chi connectivity index (χ2v) is 7.25. The molecule has 0 saturated carbocycles. The zero-order valence-electron chi connectivity index (χ0n) is 9.87. The third kappa shape index (κ3) is 3.31. The van der Waals surface area contributed by atoms with Crippen molar-refractivity contribution in [3.8, 4) is 0 Å². The molecule has 1 unspecified atom stereocenters. The van der Waals surface area contributed by atoms with Gasteiger partial charge in [0.25, 0.3) is 5.69 Å². The molecule has 94 valence electrons. The van der Waals surface area contributed by atoms with E-state index in [1.54, 1.807) is 12.1 Å². The second kappa shape index (κ2) is 5.67. The molecule has 0 amide bonds. The minimum Gasteiger partial charge on any atom is -0.329 e. The molecule has 7 heteroatoms. The predicted molar refractivity (Wildman–Crippen MR) is 69.7 cm³/mol. The second-order valence-electron chi connectivity index (χ2n) is 3.37. The van der Waals surface area contributed by atoms with E-state index in [1.165, 1.54) is 31.6 Å². The first-order valence-corrected chi connectivity index (χ1v) is 8.03. The molecule has 17 heavy (non-hydrogen) atoms. The molecule has 0 fully saturated rings. The predicted octanol–water partition coefficient (Wildman–Crippen LogP) is 2.89. The summed E-state index contributed by atoms with van der Waals surface area (Å²) < 4.78 is 17.0. The fourth-order valence-corrected chi connectivity index (χ4v) is 3.27.